The summed E-state index contributed by atoms with van der Waals surface area (Å²) in [5.41, 5.74) is 3.00. The van der Waals surface area contributed by atoms with Gasteiger partial charge in [0.25, 0.3) is 5.56 Å². The third-order valence-electron chi connectivity index (χ3n) is 5.79. The summed E-state index contributed by atoms with van der Waals surface area (Å²) < 4.78 is 7.35. The van der Waals surface area contributed by atoms with Crippen LogP contribution in [0.4, 0.5) is 5.69 Å². The van der Waals surface area contributed by atoms with Crippen molar-refractivity contribution in [3.05, 3.63) is 89.6 Å². The average Bonchev–Trinajstić information content (AvgIpc) is 3.13. The molecule has 9 heteroatoms. The molecule has 0 fully saturated rings. The topological polar surface area (TPSA) is 84.1 Å². The lowest BCUT2D eigenvalue weighted by atomic mass is 9.95. The Labute approximate surface area is 211 Å². The van der Waals surface area contributed by atoms with Gasteiger partial charge in [-0.2, -0.15) is 0 Å². The maximum Gasteiger partial charge on any atom is 0.338 e. The molecular weight excluding hydrogens is 486 g/mol. The number of fused-ring (bicyclic) bond motifs is 1. The second-order valence-electron chi connectivity index (χ2n) is 8.33. The van der Waals surface area contributed by atoms with Crippen molar-refractivity contribution in [2.45, 2.75) is 26.3 Å². The number of benzene rings is 2. The van der Waals surface area contributed by atoms with E-state index in [1.54, 1.807) is 36.6 Å². The van der Waals surface area contributed by atoms with Gasteiger partial charge < -0.3 is 14.7 Å². The Morgan fingerprint density at radius 1 is 1.26 bits per heavy atom. The van der Waals surface area contributed by atoms with Gasteiger partial charge in [-0.1, -0.05) is 41.1 Å². The zero-order chi connectivity index (χ0) is 25.3. The lowest BCUT2D eigenvalue weighted by Crippen LogP contribution is -2.40. The first-order chi connectivity index (χ1) is 16.7. The number of hydrogen-bond acceptors (Lipinski definition) is 7. The number of rotatable bonds is 6. The van der Waals surface area contributed by atoms with Gasteiger partial charge in [-0.15, -0.1) is 0 Å². The van der Waals surface area contributed by atoms with Gasteiger partial charge in [0.2, 0.25) is 0 Å². The van der Waals surface area contributed by atoms with Gasteiger partial charge in [0.05, 0.1) is 28.5 Å². The second-order valence-corrected chi connectivity index (χ2v) is 9.77. The van der Waals surface area contributed by atoms with Crippen LogP contribution in [0.15, 0.2) is 63.5 Å². The molecule has 0 radical (unpaired) electrons. The number of carbonyl (C=O) groups is 1. The highest BCUT2D eigenvalue weighted by atomic mass is 35.5. The average molecular weight is 512 g/mol. The minimum absolute atomic E-state index is 0.109. The highest BCUT2D eigenvalue weighted by Crippen LogP contribution is 2.31. The number of aromatic hydroxyl groups is 1. The molecule has 0 amide bonds. The summed E-state index contributed by atoms with van der Waals surface area (Å²) in [5.74, 6) is -0.383. The summed E-state index contributed by atoms with van der Waals surface area (Å²) in [6.45, 7) is 3.72. The van der Waals surface area contributed by atoms with Crippen LogP contribution in [0.1, 0.15) is 31.0 Å². The number of esters is 1. The molecule has 7 nitrogen and oxygen atoms in total. The molecule has 2 aromatic carbocycles. The fraction of sp³-hybridized carbons (Fsp3) is 0.269. The van der Waals surface area contributed by atoms with Gasteiger partial charge >= 0.3 is 5.97 Å². The summed E-state index contributed by atoms with van der Waals surface area (Å²) in [5, 5.41) is 10.6. The number of phenols is 1. The zero-order valence-corrected chi connectivity index (χ0v) is 21.5. The van der Waals surface area contributed by atoms with Crippen molar-refractivity contribution in [3.63, 3.8) is 0 Å². The number of halogens is 1. The molecular formula is C26H26ClN3O4S. The van der Waals surface area contributed by atoms with Crippen molar-refractivity contribution < 1.29 is 14.6 Å². The molecule has 3 aromatic rings. The van der Waals surface area contributed by atoms with Crippen molar-refractivity contribution in [2.75, 3.05) is 25.6 Å². The van der Waals surface area contributed by atoms with Crippen LogP contribution in [-0.4, -0.2) is 36.3 Å². The van der Waals surface area contributed by atoms with Gasteiger partial charge in [0.1, 0.15) is 5.75 Å². The highest BCUT2D eigenvalue weighted by Gasteiger charge is 2.33. The normalized spacial score (nSPS) is 15.6. The van der Waals surface area contributed by atoms with Crippen molar-refractivity contribution in [2.24, 2.45) is 4.99 Å². The van der Waals surface area contributed by atoms with E-state index in [2.05, 4.69) is 4.99 Å². The van der Waals surface area contributed by atoms with Crippen LogP contribution in [-0.2, 0) is 16.0 Å². The number of carbonyl (C=O) groups excluding carboxylic acids is 1. The molecule has 0 saturated heterocycles. The third-order valence-corrected chi connectivity index (χ3v) is 7.06. The zero-order valence-electron chi connectivity index (χ0n) is 19.9. The molecule has 0 aliphatic carbocycles. The lowest BCUT2D eigenvalue weighted by molar-refractivity contribution is -0.139. The van der Waals surface area contributed by atoms with Gasteiger partial charge in [0.15, 0.2) is 4.80 Å². The number of nitrogens with zero attached hydrogens (tertiary/aromatic N) is 3. The fourth-order valence-electron chi connectivity index (χ4n) is 4.02. The Morgan fingerprint density at radius 2 is 1.97 bits per heavy atom. The van der Waals surface area contributed by atoms with E-state index in [0.29, 0.717) is 37.6 Å². The van der Waals surface area contributed by atoms with Crippen molar-refractivity contribution in [3.8, 4) is 5.75 Å². The fourth-order valence-corrected chi connectivity index (χ4v) is 5.23. The number of aromatic nitrogens is 1. The maximum atomic E-state index is 13.6. The second kappa shape index (κ2) is 10.1. The third kappa shape index (κ3) is 4.90. The van der Waals surface area contributed by atoms with E-state index in [1.807, 2.05) is 43.3 Å². The molecule has 1 aliphatic heterocycles. The summed E-state index contributed by atoms with van der Waals surface area (Å²) in [4.78, 5) is 33.6. The molecule has 35 heavy (non-hydrogen) atoms. The van der Waals surface area contributed by atoms with E-state index >= 15 is 0 Å². The van der Waals surface area contributed by atoms with Gasteiger partial charge in [-0.05, 0) is 61.7 Å². The van der Waals surface area contributed by atoms with Crippen molar-refractivity contribution in [1.29, 1.82) is 0 Å². The Bertz CT molecular complexity index is 1490. The standard InChI is InChI=1S/C26H26ClN3O4S/c1-5-34-25(33)22-15(2)28-26-30(23(22)16-6-10-19(11-7-16)29(3)4)24(32)21(35-26)13-8-17-14-18(27)9-12-20(17)31/h6-7,9-14,23,31H,5,8H2,1-4H3/t23-/m0/s1. The minimum Gasteiger partial charge on any atom is -0.508 e. The lowest BCUT2D eigenvalue weighted by Gasteiger charge is -2.25. The molecule has 0 bridgehead atoms. The summed E-state index contributed by atoms with van der Waals surface area (Å²) in [6.07, 6.45) is 2.08. The summed E-state index contributed by atoms with van der Waals surface area (Å²) in [7, 11) is 3.90. The monoisotopic (exact) mass is 511 g/mol. The van der Waals surface area contributed by atoms with Crippen LogP contribution in [0, 0.1) is 0 Å². The summed E-state index contributed by atoms with van der Waals surface area (Å²) in [6, 6.07) is 11.9. The van der Waals surface area contributed by atoms with E-state index in [1.165, 1.54) is 17.4 Å². The number of ether oxygens (including phenoxy) is 1. The largest absolute Gasteiger partial charge is 0.508 e. The van der Waals surface area contributed by atoms with Crippen LogP contribution in [0.5, 0.6) is 5.75 Å². The number of thiazole rings is 1. The molecule has 0 saturated carbocycles. The predicted molar refractivity (Wildman–Crippen MR) is 139 cm³/mol. The van der Waals surface area contributed by atoms with Crippen LogP contribution >= 0.6 is 22.9 Å². The van der Waals surface area contributed by atoms with E-state index in [9.17, 15) is 14.7 Å². The Morgan fingerprint density at radius 3 is 2.63 bits per heavy atom. The molecule has 2 heterocycles. The van der Waals surface area contributed by atoms with E-state index in [0.717, 1.165) is 11.3 Å². The Hall–Kier alpha value is -3.36. The molecule has 1 N–H and O–H groups in total. The molecule has 0 spiro atoms. The maximum absolute atomic E-state index is 13.6. The predicted octanol–water partition coefficient (Wildman–Crippen LogP) is 3.42. The first-order valence-corrected chi connectivity index (χ1v) is 12.3. The molecule has 1 aliphatic rings. The Kier molecular flexibility index (Phi) is 7.14. The van der Waals surface area contributed by atoms with E-state index in [4.69, 9.17) is 16.3 Å². The van der Waals surface area contributed by atoms with E-state index < -0.39 is 12.0 Å². The highest BCUT2D eigenvalue weighted by molar-refractivity contribution is 7.07. The first-order valence-electron chi connectivity index (χ1n) is 11.1. The molecule has 4 rings (SSSR count). The minimum atomic E-state index is -0.664. The van der Waals surface area contributed by atoms with Gasteiger partial charge in [-0.3, -0.25) is 9.36 Å². The van der Waals surface area contributed by atoms with Gasteiger partial charge in [-0.25, -0.2) is 9.79 Å². The van der Waals surface area contributed by atoms with Crippen LogP contribution in [0.3, 0.4) is 0 Å². The molecule has 1 aromatic heterocycles. The number of allylic oxidation sites excluding steroid dienone is 1. The SMILES string of the molecule is CCOC(=O)C1=C(C)N=c2sc(=CCc3cc(Cl)ccc3O)c(=O)n2[C@H]1c1ccc(N(C)C)cc1. The number of hydrogen-bond donors (Lipinski definition) is 1. The number of phenolic OH excluding ortho intramolecular Hbond substituents is 1. The first kappa shape index (κ1) is 24.8. The van der Waals surface area contributed by atoms with Crippen LogP contribution in [0.2, 0.25) is 5.02 Å². The van der Waals surface area contributed by atoms with E-state index in [-0.39, 0.29) is 17.9 Å². The van der Waals surface area contributed by atoms with Crippen LogP contribution < -0.4 is 19.8 Å². The summed E-state index contributed by atoms with van der Waals surface area (Å²) >= 11 is 7.31. The van der Waals surface area contributed by atoms with Crippen molar-refractivity contribution in [1.82, 2.24) is 4.57 Å². The molecule has 182 valence electrons. The van der Waals surface area contributed by atoms with Crippen LogP contribution in [0.25, 0.3) is 6.08 Å². The molecule has 0 unspecified atom stereocenters. The van der Waals surface area contributed by atoms with Crippen molar-refractivity contribution >= 4 is 40.7 Å². The Balaban J connectivity index is 1.86. The molecule has 1 atom stereocenters. The smallest absolute Gasteiger partial charge is 0.338 e. The van der Waals surface area contributed by atoms with Gasteiger partial charge in [0, 0.05) is 24.8 Å². The quantitative estimate of drug-likeness (QED) is 0.513. The number of anilines is 1.